The number of amides is 1. The van der Waals surface area contributed by atoms with E-state index in [2.05, 4.69) is 5.32 Å². The van der Waals surface area contributed by atoms with Crippen LogP contribution in [-0.2, 0) is 11.2 Å². The van der Waals surface area contributed by atoms with Crippen LogP contribution < -0.4 is 5.32 Å². The SMILES string of the molecule is CC(Nc1ccc(CC(=O)N(C)C)cc1)C(F)F. The molecule has 1 rings (SSSR count). The molecule has 0 aliphatic carbocycles. The molecular formula is C13H18F2N2O. The number of carbonyl (C=O) groups is 1. The van der Waals surface area contributed by atoms with Crippen LogP contribution >= 0.6 is 0 Å². The van der Waals surface area contributed by atoms with Crippen molar-refractivity contribution in [3.05, 3.63) is 29.8 Å². The van der Waals surface area contributed by atoms with Crippen LogP contribution in [0.2, 0.25) is 0 Å². The minimum Gasteiger partial charge on any atom is -0.377 e. The Morgan fingerprint density at radius 1 is 1.28 bits per heavy atom. The van der Waals surface area contributed by atoms with Gasteiger partial charge in [-0.15, -0.1) is 0 Å². The van der Waals surface area contributed by atoms with E-state index in [1.807, 2.05) is 0 Å². The third-order valence-electron chi connectivity index (χ3n) is 2.58. The Hall–Kier alpha value is -1.65. The number of alkyl halides is 2. The van der Waals surface area contributed by atoms with Crippen molar-refractivity contribution >= 4 is 11.6 Å². The minimum absolute atomic E-state index is 0.0108. The molecule has 18 heavy (non-hydrogen) atoms. The molecule has 1 unspecified atom stereocenters. The molecule has 0 aromatic heterocycles. The second-order valence-electron chi connectivity index (χ2n) is 4.43. The zero-order chi connectivity index (χ0) is 13.7. The molecule has 100 valence electrons. The van der Waals surface area contributed by atoms with Gasteiger partial charge in [0, 0.05) is 19.8 Å². The maximum atomic E-state index is 12.3. The van der Waals surface area contributed by atoms with E-state index in [-0.39, 0.29) is 5.91 Å². The fraction of sp³-hybridized carbons (Fsp3) is 0.462. The molecule has 1 aromatic carbocycles. The number of carbonyl (C=O) groups excluding carboxylic acids is 1. The molecule has 1 atom stereocenters. The second kappa shape index (κ2) is 6.33. The van der Waals surface area contributed by atoms with Crippen molar-refractivity contribution in [1.82, 2.24) is 4.90 Å². The molecule has 0 saturated carbocycles. The fourth-order valence-electron chi connectivity index (χ4n) is 1.38. The first-order valence-corrected chi connectivity index (χ1v) is 5.74. The highest BCUT2D eigenvalue weighted by Gasteiger charge is 2.13. The maximum Gasteiger partial charge on any atom is 0.258 e. The molecule has 0 heterocycles. The summed E-state index contributed by atoms with van der Waals surface area (Å²) in [6.07, 6.45) is -2.09. The third-order valence-corrected chi connectivity index (χ3v) is 2.58. The molecule has 0 radical (unpaired) electrons. The highest BCUT2D eigenvalue weighted by atomic mass is 19.3. The molecule has 0 spiro atoms. The van der Waals surface area contributed by atoms with Gasteiger partial charge in [-0.3, -0.25) is 4.79 Å². The number of hydrogen-bond donors (Lipinski definition) is 1. The number of likely N-dealkylation sites (N-methyl/N-ethyl adjacent to an activating group) is 1. The molecule has 3 nitrogen and oxygen atoms in total. The highest BCUT2D eigenvalue weighted by Crippen LogP contribution is 2.14. The summed E-state index contributed by atoms with van der Waals surface area (Å²) in [5.74, 6) is 0.0108. The van der Waals surface area contributed by atoms with Crippen LogP contribution in [-0.4, -0.2) is 37.4 Å². The van der Waals surface area contributed by atoms with Crippen LogP contribution in [0.4, 0.5) is 14.5 Å². The molecule has 0 aliphatic heterocycles. The Morgan fingerprint density at radius 3 is 2.28 bits per heavy atom. The lowest BCUT2D eigenvalue weighted by molar-refractivity contribution is -0.127. The van der Waals surface area contributed by atoms with Gasteiger partial charge in [-0.05, 0) is 24.6 Å². The monoisotopic (exact) mass is 256 g/mol. The van der Waals surface area contributed by atoms with E-state index >= 15 is 0 Å². The number of nitrogens with zero attached hydrogens (tertiary/aromatic N) is 1. The highest BCUT2D eigenvalue weighted by molar-refractivity contribution is 5.78. The van der Waals surface area contributed by atoms with Gasteiger partial charge in [-0.1, -0.05) is 12.1 Å². The Labute approximate surface area is 106 Å². The zero-order valence-corrected chi connectivity index (χ0v) is 10.8. The van der Waals surface area contributed by atoms with Crippen molar-refractivity contribution in [2.75, 3.05) is 19.4 Å². The van der Waals surface area contributed by atoms with Crippen LogP contribution in [0, 0.1) is 0 Å². The predicted octanol–water partition coefficient (Wildman–Crippen LogP) is 2.38. The minimum atomic E-state index is -2.40. The number of anilines is 1. The van der Waals surface area contributed by atoms with Gasteiger partial charge in [0.15, 0.2) is 0 Å². The molecule has 1 N–H and O–H groups in total. The van der Waals surface area contributed by atoms with E-state index in [0.29, 0.717) is 12.1 Å². The third kappa shape index (κ3) is 4.31. The Bertz CT molecular complexity index is 390. The standard InChI is InChI=1S/C13H18F2N2O/c1-9(13(14)15)16-11-6-4-10(5-7-11)8-12(18)17(2)3/h4-7,9,13,16H,8H2,1-3H3. The van der Waals surface area contributed by atoms with Gasteiger partial charge in [0.25, 0.3) is 6.43 Å². The van der Waals surface area contributed by atoms with E-state index < -0.39 is 12.5 Å². The van der Waals surface area contributed by atoms with Gasteiger partial charge in [0.05, 0.1) is 12.5 Å². The van der Waals surface area contributed by atoms with Crippen molar-refractivity contribution in [2.24, 2.45) is 0 Å². The van der Waals surface area contributed by atoms with Gasteiger partial charge in [0.2, 0.25) is 5.91 Å². The summed E-state index contributed by atoms with van der Waals surface area (Å²) in [5.41, 5.74) is 1.49. The first kappa shape index (κ1) is 14.4. The Balaban J connectivity index is 2.60. The molecule has 1 aromatic rings. The van der Waals surface area contributed by atoms with Gasteiger partial charge in [-0.2, -0.15) is 0 Å². The summed E-state index contributed by atoms with van der Waals surface area (Å²) in [6, 6.07) is 6.05. The Kier molecular flexibility index (Phi) is 5.07. The van der Waals surface area contributed by atoms with Crippen molar-refractivity contribution in [3.8, 4) is 0 Å². The number of nitrogens with one attached hydrogen (secondary N) is 1. The number of benzene rings is 1. The van der Waals surface area contributed by atoms with Crippen molar-refractivity contribution in [2.45, 2.75) is 25.8 Å². The summed E-state index contributed by atoms with van der Waals surface area (Å²) in [5, 5.41) is 2.70. The normalized spacial score (nSPS) is 12.3. The lowest BCUT2D eigenvalue weighted by Gasteiger charge is -2.14. The number of hydrogen-bond acceptors (Lipinski definition) is 2. The fourth-order valence-corrected chi connectivity index (χ4v) is 1.38. The van der Waals surface area contributed by atoms with E-state index in [1.54, 1.807) is 38.4 Å². The first-order chi connectivity index (χ1) is 8.40. The second-order valence-corrected chi connectivity index (χ2v) is 4.43. The smallest absolute Gasteiger partial charge is 0.258 e. The van der Waals surface area contributed by atoms with Crippen molar-refractivity contribution in [3.63, 3.8) is 0 Å². The average Bonchev–Trinajstić information content (AvgIpc) is 2.31. The summed E-state index contributed by atoms with van der Waals surface area (Å²) < 4.78 is 24.7. The molecule has 0 bridgehead atoms. The lowest BCUT2D eigenvalue weighted by Crippen LogP contribution is -2.24. The van der Waals surface area contributed by atoms with Crippen molar-refractivity contribution in [1.29, 1.82) is 0 Å². The number of halogens is 2. The van der Waals surface area contributed by atoms with Crippen LogP contribution in [0.1, 0.15) is 12.5 Å². The van der Waals surface area contributed by atoms with Crippen LogP contribution in [0.25, 0.3) is 0 Å². The van der Waals surface area contributed by atoms with Crippen LogP contribution in [0.15, 0.2) is 24.3 Å². The van der Waals surface area contributed by atoms with Gasteiger partial charge in [-0.25, -0.2) is 8.78 Å². The Morgan fingerprint density at radius 2 is 1.83 bits per heavy atom. The largest absolute Gasteiger partial charge is 0.377 e. The summed E-state index contributed by atoms with van der Waals surface area (Å²) in [6.45, 7) is 1.42. The molecule has 0 fully saturated rings. The molecular weight excluding hydrogens is 238 g/mol. The summed E-state index contributed by atoms with van der Waals surface area (Å²) in [4.78, 5) is 13.0. The summed E-state index contributed by atoms with van der Waals surface area (Å²) in [7, 11) is 3.39. The summed E-state index contributed by atoms with van der Waals surface area (Å²) >= 11 is 0. The van der Waals surface area contributed by atoms with Gasteiger partial charge >= 0.3 is 0 Å². The maximum absolute atomic E-state index is 12.3. The van der Waals surface area contributed by atoms with E-state index in [4.69, 9.17) is 0 Å². The average molecular weight is 256 g/mol. The number of rotatable bonds is 5. The van der Waals surface area contributed by atoms with E-state index in [9.17, 15) is 13.6 Å². The van der Waals surface area contributed by atoms with Crippen molar-refractivity contribution < 1.29 is 13.6 Å². The molecule has 0 aliphatic rings. The van der Waals surface area contributed by atoms with E-state index in [0.717, 1.165) is 5.56 Å². The molecule has 5 heteroatoms. The zero-order valence-electron chi connectivity index (χ0n) is 10.8. The lowest BCUT2D eigenvalue weighted by atomic mass is 10.1. The van der Waals surface area contributed by atoms with Crippen LogP contribution in [0.3, 0.4) is 0 Å². The quantitative estimate of drug-likeness (QED) is 0.877. The van der Waals surface area contributed by atoms with E-state index in [1.165, 1.54) is 11.8 Å². The topological polar surface area (TPSA) is 32.3 Å². The molecule has 1 amide bonds. The predicted molar refractivity (Wildman–Crippen MR) is 67.9 cm³/mol. The van der Waals surface area contributed by atoms with Gasteiger partial charge < -0.3 is 10.2 Å². The first-order valence-electron chi connectivity index (χ1n) is 5.74. The van der Waals surface area contributed by atoms with Gasteiger partial charge in [0.1, 0.15) is 0 Å². The molecule has 0 saturated heterocycles. The van der Waals surface area contributed by atoms with Crippen LogP contribution in [0.5, 0.6) is 0 Å².